The molecular formula is C42H24N4O2. The van der Waals surface area contributed by atoms with Crippen LogP contribution in [0, 0.1) is 22.7 Å². The van der Waals surface area contributed by atoms with Crippen LogP contribution in [0.2, 0.25) is 0 Å². The number of nitrogens with zero attached hydrogens (tertiary/aromatic N) is 4. The monoisotopic (exact) mass is 616 g/mol. The van der Waals surface area contributed by atoms with Gasteiger partial charge in [-0.05, 0) is 65.7 Å². The molecule has 0 N–H and O–H groups in total. The van der Waals surface area contributed by atoms with Gasteiger partial charge in [0.1, 0.15) is 11.3 Å². The van der Waals surface area contributed by atoms with E-state index in [4.69, 9.17) is 9.15 Å². The number of ether oxygens (including phenoxy) is 1. The highest BCUT2D eigenvalue weighted by atomic mass is 16.5. The van der Waals surface area contributed by atoms with Crippen molar-refractivity contribution in [1.82, 2.24) is 4.57 Å². The summed E-state index contributed by atoms with van der Waals surface area (Å²) in [6, 6.07) is 49.4. The van der Waals surface area contributed by atoms with Gasteiger partial charge in [0.05, 0.1) is 51.5 Å². The highest BCUT2D eigenvalue weighted by molar-refractivity contribution is 6.20. The SMILES string of the molecule is N#Cc1cc(C#N)cc(-c2c(N3c4ccccc4C4c5ccccc5OC43)cccc2-n2c3ccccc3c3c4ccccc4oc32)c1. The first kappa shape index (κ1) is 26.5. The molecule has 224 valence electrons. The molecular weight excluding hydrogens is 592 g/mol. The number of nitriles is 2. The Balaban J connectivity index is 1.32. The summed E-state index contributed by atoms with van der Waals surface area (Å²) in [5.41, 5.74) is 10.2. The Morgan fingerprint density at radius 3 is 2.10 bits per heavy atom. The molecule has 2 unspecified atom stereocenters. The van der Waals surface area contributed by atoms with Crippen LogP contribution in [0.5, 0.6) is 5.75 Å². The maximum absolute atomic E-state index is 10.1. The van der Waals surface area contributed by atoms with Gasteiger partial charge in [0.15, 0.2) is 6.23 Å². The molecule has 8 aromatic rings. The zero-order valence-corrected chi connectivity index (χ0v) is 25.5. The number of benzene rings is 6. The molecule has 6 heteroatoms. The molecule has 4 heterocycles. The van der Waals surface area contributed by atoms with Gasteiger partial charge >= 0.3 is 0 Å². The predicted octanol–water partition coefficient (Wildman–Crippen LogP) is 9.94. The van der Waals surface area contributed by atoms with E-state index in [-0.39, 0.29) is 12.1 Å². The quantitative estimate of drug-likeness (QED) is 0.197. The second-order valence-corrected chi connectivity index (χ2v) is 12.3. The van der Waals surface area contributed by atoms with Crippen LogP contribution in [0.3, 0.4) is 0 Å². The molecule has 0 fully saturated rings. The van der Waals surface area contributed by atoms with Crippen LogP contribution in [-0.4, -0.2) is 10.8 Å². The predicted molar refractivity (Wildman–Crippen MR) is 187 cm³/mol. The van der Waals surface area contributed by atoms with Crippen LogP contribution >= 0.6 is 0 Å². The lowest BCUT2D eigenvalue weighted by Crippen LogP contribution is -2.32. The minimum absolute atomic E-state index is 0.0171. The molecule has 0 saturated carbocycles. The van der Waals surface area contributed by atoms with Gasteiger partial charge in [-0.2, -0.15) is 10.5 Å². The van der Waals surface area contributed by atoms with Gasteiger partial charge in [-0.1, -0.05) is 78.9 Å². The third-order valence-electron chi connectivity index (χ3n) is 9.77. The molecule has 48 heavy (non-hydrogen) atoms. The average molecular weight is 617 g/mol. The summed E-state index contributed by atoms with van der Waals surface area (Å²) in [6.07, 6.45) is -0.323. The maximum Gasteiger partial charge on any atom is 0.213 e. The molecule has 0 bridgehead atoms. The van der Waals surface area contributed by atoms with Gasteiger partial charge in [0.2, 0.25) is 5.71 Å². The van der Waals surface area contributed by atoms with Crippen LogP contribution in [0.4, 0.5) is 11.4 Å². The number of fused-ring (bicyclic) bond motifs is 10. The van der Waals surface area contributed by atoms with Crippen LogP contribution in [0.15, 0.2) is 138 Å². The van der Waals surface area contributed by atoms with Gasteiger partial charge in [-0.3, -0.25) is 4.57 Å². The fourth-order valence-corrected chi connectivity index (χ4v) is 7.88. The van der Waals surface area contributed by atoms with Crippen molar-refractivity contribution in [1.29, 1.82) is 10.5 Å². The van der Waals surface area contributed by atoms with Crippen LogP contribution in [0.1, 0.15) is 28.2 Å². The molecule has 0 spiro atoms. The Hall–Kier alpha value is -6.76. The zero-order valence-electron chi connectivity index (χ0n) is 25.5. The minimum atomic E-state index is -0.323. The summed E-state index contributed by atoms with van der Waals surface area (Å²) >= 11 is 0. The Morgan fingerprint density at radius 2 is 1.27 bits per heavy atom. The van der Waals surface area contributed by atoms with E-state index in [0.29, 0.717) is 11.1 Å². The van der Waals surface area contributed by atoms with Crippen LogP contribution in [0.25, 0.3) is 49.8 Å². The lowest BCUT2D eigenvalue weighted by molar-refractivity contribution is 0.234. The summed E-state index contributed by atoms with van der Waals surface area (Å²) in [5, 5.41) is 23.3. The number of furan rings is 1. The molecule has 2 aliphatic heterocycles. The largest absolute Gasteiger partial charge is 0.469 e. The smallest absolute Gasteiger partial charge is 0.213 e. The van der Waals surface area contributed by atoms with Crippen molar-refractivity contribution >= 4 is 44.3 Å². The first-order chi connectivity index (χ1) is 23.7. The van der Waals surface area contributed by atoms with E-state index in [1.165, 1.54) is 5.56 Å². The number of rotatable bonds is 3. The van der Waals surface area contributed by atoms with Crippen molar-refractivity contribution in [2.24, 2.45) is 0 Å². The number of aromatic nitrogens is 1. The summed E-state index contributed by atoms with van der Waals surface area (Å²) in [7, 11) is 0. The van der Waals surface area contributed by atoms with Crippen molar-refractivity contribution in [3.63, 3.8) is 0 Å². The number of anilines is 2. The topological polar surface area (TPSA) is 78.1 Å². The van der Waals surface area contributed by atoms with Crippen LogP contribution < -0.4 is 9.64 Å². The fraction of sp³-hybridized carbons (Fsp3) is 0.0476. The third kappa shape index (κ3) is 3.54. The Bertz CT molecular complexity index is 2690. The van der Waals surface area contributed by atoms with Crippen molar-refractivity contribution in [3.8, 4) is 34.7 Å². The lowest BCUT2D eigenvalue weighted by Gasteiger charge is -2.30. The van der Waals surface area contributed by atoms with Gasteiger partial charge < -0.3 is 14.1 Å². The molecule has 6 nitrogen and oxygen atoms in total. The highest BCUT2D eigenvalue weighted by Gasteiger charge is 2.47. The molecule has 0 saturated heterocycles. The summed E-state index contributed by atoms with van der Waals surface area (Å²) < 4.78 is 15.6. The van der Waals surface area contributed by atoms with Gasteiger partial charge in [0, 0.05) is 27.6 Å². The Morgan fingerprint density at radius 1 is 0.604 bits per heavy atom. The van der Waals surface area contributed by atoms with Crippen molar-refractivity contribution in [2.75, 3.05) is 4.90 Å². The minimum Gasteiger partial charge on any atom is -0.469 e. The molecule has 0 aliphatic carbocycles. The molecule has 2 aliphatic rings. The zero-order chi connectivity index (χ0) is 31.9. The van der Waals surface area contributed by atoms with Gasteiger partial charge in [-0.25, -0.2) is 0 Å². The summed E-state index contributed by atoms with van der Waals surface area (Å²) in [5.74, 6) is 0.895. The molecule has 2 aromatic heterocycles. The van der Waals surface area contributed by atoms with E-state index < -0.39 is 0 Å². The first-order valence-electron chi connectivity index (χ1n) is 15.9. The molecule has 10 rings (SSSR count). The maximum atomic E-state index is 10.1. The van der Waals surface area contributed by atoms with E-state index in [1.54, 1.807) is 6.07 Å². The molecule has 6 aromatic carbocycles. The lowest BCUT2D eigenvalue weighted by atomic mass is 9.93. The second-order valence-electron chi connectivity index (χ2n) is 12.3. The number of hydrogen-bond donors (Lipinski definition) is 0. The number of para-hydroxylation sites is 4. The molecule has 2 atom stereocenters. The summed E-state index contributed by atoms with van der Waals surface area (Å²) in [6.45, 7) is 0. The summed E-state index contributed by atoms with van der Waals surface area (Å²) in [4.78, 5) is 2.28. The van der Waals surface area contributed by atoms with E-state index >= 15 is 0 Å². The normalized spacial score (nSPS) is 16.0. The van der Waals surface area contributed by atoms with Gasteiger partial charge in [0.25, 0.3) is 0 Å². The van der Waals surface area contributed by atoms with E-state index in [9.17, 15) is 10.5 Å². The second kappa shape index (κ2) is 9.87. The fourth-order valence-electron chi connectivity index (χ4n) is 7.88. The van der Waals surface area contributed by atoms with Crippen molar-refractivity contribution < 1.29 is 9.15 Å². The van der Waals surface area contributed by atoms with E-state index in [1.807, 2.05) is 48.5 Å². The standard InChI is InChI=1S/C42H24N4O2/c43-23-25-20-26(24-44)22-27(21-25)38-34(45-32-14-5-1-10-28(32)39-30-12-3-7-18-36(30)47-41(39)45)16-9-17-35(38)46-33-15-6-2-11-29(33)40-31-13-4-8-19-37(31)48-42(40)46/h1-22,39,41H. The number of hydrogen-bond acceptors (Lipinski definition) is 5. The molecule has 0 amide bonds. The van der Waals surface area contributed by atoms with Crippen molar-refractivity contribution in [2.45, 2.75) is 12.1 Å². The average Bonchev–Trinajstić information content (AvgIpc) is 3.87. The Kier molecular flexibility index (Phi) is 5.44. The van der Waals surface area contributed by atoms with E-state index in [2.05, 4.69) is 100 Å². The third-order valence-corrected chi connectivity index (χ3v) is 9.77. The highest BCUT2D eigenvalue weighted by Crippen LogP contribution is 2.56. The Labute approximate surface area is 275 Å². The van der Waals surface area contributed by atoms with Crippen molar-refractivity contribution in [3.05, 3.63) is 156 Å². The van der Waals surface area contributed by atoms with E-state index in [0.717, 1.165) is 72.5 Å². The first-order valence-corrected chi connectivity index (χ1v) is 15.9. The molecule has 0 radical (unpaired) electrons. The van der Waals surface area contributed by atoms with Crippen LogP contribution in [-0.2, 0) is 0 Å². The van der Waals surface area contributed by atoms with Gasteiger partial charge in [-0.15, -0.1) is 0 Å².